The van der Waals surface area contributed by atoms with E-state index in [1.807, 2.05) is 6.07 Å². The van der Waals surface area contributed by atoms with Crippen LogP contribution in [0.25, 0.3) is 0 Å². The second-order valence-corrected chi connectivity index (χ2v) is 6.75. The molecule has 1 unspecified atom stereocenters. The minimum absolute atomic E-state index is 0.0156. The van der Waals surface area contributed by atoms with Crippen LogP contribution in [0.3, 0.4) is 0 Å². The van der Waals surface area contributed by atoms with Gasteiger partial charge in [-0.1, -0.05) is 6.07 Å². The fourth-order valence-corrected chi connectivity index (χ4v) is 3.19. The molecule has 0 bridgehead atoms. The van der Waals surface area contributed by atoms with Crippen molar-refractivity contribution < 1.29 is 14.2 Å². The van der Waals surface area contributed by atoms with Gasteiger partial charge in [0.05, 0.1) is 19.3 Å². The van der Waals surface area contributed by atoms with Crippen LogP contribution in [-0.2, 0) is 22.6 Å². The molecule has 0 spiro atoms. The molecule has 1 aliphatic rings. The van der Waals surface area contributed by atoms with Gasteiger partial charge in [-0.3, -0.25) is 4.90 Å². The zero-order valence-electron chi connectivity index (χ0n) is 14.5. The van der Waals surface area contributed by atoms with E-state index in [9.17, 15) is 0 Å². The van der Waals surface area contributed by atoms with Crippen molar-refractivity contribution in [1.29, 1.82) is 0 Å². The molecule has 1 aromatic rings. The summed E-state index contributed by atoms with van der Waals surface area (Å²) in [6, 6.07) is 6.92. The smallest absolute Gasteiger partial charge is 0.124 e. The zero-order valence-corrected chi connectivity index (χ0v) is 14.5. The first-order valence-corrected chi connectivity index (χ1v) is 7.94. The van der Waals surface area contributed by atoms with Gasteiger partial charge >= 0.3 is 0 Å². The fraction of sp³-hybridized carbons (Fsp3) is 0.667. The molecule has 124 valence electrons. The van der Waals surface area contributed by atoms with E-state index in [4.69, 9.17) is 14.2 Å². The summed E-state index contributed by atoms with van der Waals surface area (Å²) >= 11 is 0. The predicted octanol–water partition coefficient (Wildman–Crippen LogP) is 3.23. The van der Waals surface area contributed by atoms with Gasteiger partial charge in [0, 0.05) is 31.9 Å². The number of rotatable bonds is 6. The highest BCUT2D eigenvalue weighted by Crippen LogP contribution is 2.28. The van der Waals surface area contributed by atoms with Crippen molar-refractivity contribution in [3.05, 3.63) is 29.3 Å². The van der Waals surface area contributed by atoms with Gasteiger partial charge in [-0.25, -0.2) is 0 Å². The molecule has 22 heavy (non-hydrogen) atoms. The van der Waals surface area contributed by atoms with Crippen LogP contribution in [-0.4, -0.2) is 44.4 Å². The molecule has 0 aliphatic carbocycles. The summed E-state index contributed by atoms with van der Waals surface area (Å²) in [6.07, 6.45) is 2.17. The first kappa shape index (κ1) is 17.3. The number of hydrogen-bond acceptors (Lipinski definition) is 4. The number of ether oxygens (including phenoxy) is 3. The Kier molecular flexibility index (Phi) is 5.84. The fourth-order valence-electron chi connectivity index (χ4n) is 3.19. The third-order valence-corrected chi connectivity index (χ3v) is 4.37. The number of nitrogens with zero attached hydrogens (tertiary/aromatic N) is 1. The Hall–Kier alpha value is -1.10. The van der Waals surface area contributed by atoms with Crippen LogP contribution in [0, 0.1) is 0 Å². The standard InChI is InChI=1S/C18H29NO3/c1-18(2)11-16(8-9-22-18)19(3)12-14-6-7-17(21-5)15(10-14)13-20-4/h6-7,10,16H,8-9,11-13H2,1-5H3. The third-order valence-electron chi connectivity index (χ3n) is 4.37. The molecule has 4 nitrogen and oxygen atoms in total. The average Bonchev–Trinajstić information content (AvgIpc) is 2.47. The Balaban J connectivity index is 2.04. The lowest BCUT2D eigenvalue weighted by Crippen LogP contribution is -2.44. The first-order valence-electron chi connectivity index (χ1n) is 7.94. The Morgan fingerprint density at radius 1 is 1.32 bits per heavy atom. The summed E-state index contributed by atoms with van der Waals surface area (Å²) in [7, 11) is 5.61. The number of methoxy groups -OCH3 is 2. The van der Waals surface area contributed by atoms with Crippen LogP contribution < -0.4 is 4.74 Å². The topological polar surface area (TPSA) is 30.9 Å². The van der Waals surface area contributed by atoms with Crippen molar-refractivity contribution in [1.82, 2.24) is 4.90 Å². The van der Waals surface area contributed by atoms with E-state index in [0.717, 1.165) is 37.3 Å². The van der Waals surface area contributed by atoms with Crippen LogP contribution in [0.4, 0.5) is 0 Å². The van der Waals surface area contributed by atoms with Crippen molar-refractivity contribution in [3.8, 4) is 5.75 Å². The van der Waals surface area contributed by atoms with E-state index in [0.29, 0.717) is 12.6 Å². The van der Waals surface area contributed by atoms with Crippen molar-refractivity contribution >= 4 is 0 Å². The number of hydrogen-bond donors (Lipinski definition) is 0. The Morgan fingerprint density at radius 2 is 2.09 bits per heavy atom. The largest absolute Gasteiger partial charge is 0.496 e. The molecule has 1 aromatic carbocycles. The molecule has 1 saturated heterocycles. The van der Waals surface area contributed by atoms with Crippen molar-refractivity contribution in [2.75, 3.05) is 27.9 Å². The molecule has 1 heterocycles. The second kappa shape index (κ2) is 7.44. The first-order chi connectivity index (χ1) is 10.4. The molecule has 0 aromatic heterocycles. The minimum atomic E-state index is -0.0156. The van der Waals surface area contributed by atoms with Gasteiger partial charge in [-0.2, -0.15) is 0 Å². The highest BCUT2D eigenvalue weighted by molar-refractivity contribution is 5.37. The summed E-state index contributed by atoms with van der Waals surface area (Å²) in [4.78, 5) is 2.43. The maximum absolute atomic E-state index is 5.82. The molecule has 2 rings (SSSR count). The molecular weight excluding hydrogens is 278 g/mol. The highest BCUT2D eigenvalue weighted by Gasteiger charge is 2.30. The van der Waals surface area contributed by atoms with E-state index in [1.54, 1.807) is 14.2 Å². The maximum Gasteiger partial charge on any atom is 0.124 e. The van der Waals surface area contributed by atoms with E-state index in [1.165, 1.54) is 5.56 Å². The van der Waals surface area contributed by atoms with E-state index < -0.39 is 0 Å². The van der Waals surface area contributed by atoms with Crippen molar-refractivity contribution in [3.63, 3.8) is 0 Å². The summed E-state index contributed by atoms with van der Waals surface area (Å²) in [5, 5.41) is 0. The van der Waals surface area contributed by atoms with E-state index >= 15 is 0 Å². The van der Waals surface area contributed by atoms with Crippen LogP contribution in [0.2, 0.25) is 0 Å². The van der Waals surface area contributed by atoms with Gasteiger partial charge in [-0.05, 0) is 51.4 Å². The van der Waals surface area contributed by atoms with Crippen molar-refractivity contribution in [2.45, 2.75) is 51.5 Å². The van der Waals surface area contributed by atoms with Gasteiger partial charge in [0.25, 0.3) is 0 Å². The summed E-state index contributed by atoms with van der Waals surface area (Å²) in [5.74, 6) is 0.889. The zero-order chi connectivity index (χ0) is 16.2. The molecular formula is C18H29NO3. The summed E-state index contributed by atoms with van der Waals surface area (Å²) < 4.78 is 16.5. The van der Waals surface area contributed by atoms with E-state index in [-0.39, 0.29) is 5.60 Å². The molecule has 4 heteroatoms. The van der Waals surface area contributed by atoms with Crippen LogP contribution >= 0.6 is 0 Å². The lowest BCUT2D eigenvalue weighted by Gasteiger charge is -2.40. The Morgan fingerprint density at radius 3 is 2.73 bits per heavy atom. The molecule has 0 saturated carbocycles. The van der Waals surface area contributed by atoms with Gasteiger partial charge in [0.1, 0.15) is 5.75 Å². The quantitative estimate of drug-likeness (QED) is 0.807. The molecule has 0 radical (unpaired) electrons. The van der Waals surface area contributed by atoms with Gasteiger partial charge in [0.15, 0.2) is 0 Å². The molecule has 1 fully saturated rings. The lowest BCUT2D eigenvalue weighted by molar-refractivity contribution is -0.0809. The molecule has 0 amide bonds. The SMILES string of the molecule is COCc1cc(CN(C)C2CCOC(C)(C)C2)ccc1OC. The normalized spacial score (nSPS) is 21.1. The molecule has 1 aliphatic heterocycles. The Bertz CT molecular complexity index is 487. The van der Waals surface area contributed by atoms with E-state index in [2.05, 4.69) is 37.9 Å². The molecule has 0 N–H and O–H groups in total. The average molecular weight is 307 g/mol. The van der Waals surface area contributed by atoms with Crippen LogP contribution in [0.1, 0.15) is 37.8 Å². The van der Waals surface area contributed by atoms with Crippen molar-refractivity contribution in [2.24, 2.45) is 0 Å². The van der Waals surface area contributed by atoms with Gasteiger partial charge in [-0.15, -0.1) is 0 Å². The number of benzene rings is 1. The lowest BCUT2D eigenvalue weighted by atomic mass is 9.93. The predicted molar refractivity (Wildman–Crippen MR) is 88.2 cm³/mol. The minimum Gasteiger partial charge on any atom is -0.496 e. The maximum atomic E-state index is 5.82. The summed E-state index contributed by atoms with van der Waals surface area (Å²) in [6.45, 7) is 6.71. The Labute approximate surface area is 134 Å². The van der Waals surface area contributed by atoms with Crippen LogP contribution in [0.5, 0.6) is 5.75 Å². The molecule has 1 atom stereocenters. The third kappa shape index (κ3) is 4.45. The van der Waals surface area contributed by atoms with Crippen LogP contribution in [0.15, 0.2) is 18.2 Å². The highest BCUT2D eigenvalue weighted by atomic mass is 16.5. The second-order valence-electron chi connectivity index (χ2n) is 6.75. The summed E-state index contributed by atoms with van der Waals surface area (Å²) in [5.41, 5.74) is 2.38. The monoisotopic (exact) mass is 307 g/mol. The van der Waals surface area contributed by atoms with Gasteiger partial charge in [0.2, 0.25) is 0 Å². The van der Waals surface area contributed by atoms with Gasteiger partial charge < -0.3 is 14.2 Å².